The summed E-state index contributed by atoms with van der Waals surface area (Å²) in [5.74, 6) is 0.942. The molecule has 3 aliphatic rings. The Bertz CT molecular complexity index is 934. The molecule has 7 heteroatoms. The maximum atomic E-state index is 13.0. The number of carbonyl (C=O) groups is 2. The summed E-state index contributed by atoms with van der Waals surface area (Å²) in [6, 6.07) is 13.5. The van der Waals surface area contributed by atoms with Crippen molar-refractivity contribution < 1.29 is 9.59 Å². The molecule has 3 N–H and O–H groups in total. The van der Waals surface area contributed by atoms with Crippen molar-refractivity contribution in [2.45, 2.75) is 43.3 Å². The molecule has 0 bridgehead atoms. The van der Waals surface area contributed by atoms with E-state index in [0.29, 0.717) is 18.2 Å². The van der Waals surface area contributed by atoms with Crippen LogP contribution in [-0.4, -0.2) is 42.0 Å². The molecule has 2 aliphatic heterocycles. The number of likely N-dealkylation sites (N-methyl/N-ethyl adjacent to an activating group) is 1. The van der Waals surface area contributed by atoms with Crippen LogP contribution in [0.2, 0.25) is 0 Å². The summed E-state index contributed by atoms with van der Waals surface area (Å²) < 4.78 is 0. The highest BCUT2D eigenvalue weighted by atomic mass is 16.2. The molecule has 0 spiro atoms. The van der Waals surface area contributed by atoms with Crippen molar-refractivity contribution in [3.8, 4) is 0 Å². The van der Waals surface area contributed by atoms with E-state index >= 15 is 0 Å². The fourth-order valence-corrected chi connectivity index (χ4v) is 4.66. The van der Waals surface area contributed by atoms with Gasteiger partial charge in [0.2, 0.25) is 5.91 Å². The van der Waals surface area contributed by atoms with E-state index in [0.717, 1.165) is 18.4 Å². The standard InChI is InChI=1S/C22H25N5O2/c1-27-20-15(8-5-9-23-20)16-12-17(16)19(22(27)29)24-21(28)18-11-14(25-26-18)10-13-6-3-2-4-7-13/h2-9,14,16-19,25-26H,10-12H2,1H3,(H,24,28)/t14?,16-,17-,18?,19-/m0/s1. The minimum absolute atomic E-state index is 0.0879. The summed E-state index contributed by atoms with van der Waals surface area (Å²) in [6.07, 6.45) is 4.16. The number of rotatable bonds is 4. The molecule has 2 fully saturated rings. The van der Waals surface area contributed by atoms with Crippen LogP contribution < -0.4 is 21.1 Å². The molecule has 1 aromatic heterocycles. The fraction of sp³-hybridized carbons (Fsp3) is 0.409. The van der Waals surface area contributed by atoms with Gasteiger partial charge in [-0.1, -0.05) is 36.4 Å². The Hall–Kier alpha value is -2.77. The van der Waals surface area contributed by atoms with E-state index in [-0.39, 0.29) is 29.8 Å². The maximum Gasteiger partial charge on any atom is 0.250 e. The van der Waals surface area contributed by atoms with E-state index < -0.39 is 6.04 Å². The largest absolute Gasteiger partial charge is 0.343 e. The van der Waals surface area contributed by atoms with Gasteiger partial charge in [0.25, 0.3) is 5.91 Å². The summed E-state index contributed by atoms with van der Waals surface area (Å²) in [5, 5.41) is 3.03. The average Bonchev–Trinajstić information content (AvgIpc) is 3.41. The number of hydrogen-bond donors (Lipinski definition) is 3. The van der Waals surface area contributed by atoms with Gasteiger partial charge in [0, 0.05) is 19.3 Å². The normalized spacial score (nSPS) is 30.3. The van der Waals surface area contributed by atoms with Gasteiger partial charge in [-0.15, -0.1) is 0 Å². The second-order valence-corrected chi connectivity index (χ2v) is 8.27. The maximum absolute atomic E-state index is 13.0. The lowest BCUT2D eigenvalue weighted by Crippen LogP contribution is -2.53. The molecule has 5 rings (SSSR count). The highest BCUT2D eigenvalue weighted by molar-refractivity contribution is 6.01. The smallest absolute Gasteiger partial charge is 0.250 e. The Morgan fingerprint density at radius 2 is 2.00 bits per heavy atom. The van der Waals surface area contributed by atoms with Crippen LogP contribution in [0.3, 0.4) is 0 Å². The minimum atomic E-state index is -0.498. The lowest BCUT2D eigenvalue weighted by molar-refractivity contribution is -0.129. The van der Waals surface area contributed by atoms with Gasteiger partial charge < -0.3 is 5.32 Å². The van der Waals surface area contributed by atoms with Crippen molar-refractivity contribution >= 4 is 17.6 Å². The topological polar surface area (TPSA) is 86.4 Å². The monoisotopic (exact) mass is 391 g/mol. The first-order valence-corrected chi connectivity index (χ1v) is 10.2. The van der Waals surface area contributed by atoms with Crippen molar-refractivity contribution in [2.75, 3.05) is 11.9 Å². The van der Waals surface area contributed by atoms with E-state index in [1.807, 2.05) is 30.3 Å². The van der Waals surface area contributed by atoms with Crippen molar-refractivity contribution in [2.24, 2.45) is 5.92 Å². The molecule has 1 aliphatic carbocycles. The van der Waals surface area contributed by atoms with Gasteiger partial charge in [-0.3, -0.25) is 19.9 Å². The quantitative estimate of drug-likeness (QED) is 0.727. The third-order valence-corrected chi connectivity index (χ3v) is 6.32. The van der Waals surface area contributed by atoms with Crippen molar-refractivity contribution in [3.05, 3.63) is 59.8 Å². The molecule has 2 aromatic rings. The molecule has 0 radical (unpaired) electrons. The second kappa shape index (κ2) is 7.24. The van der Waals surface area contributed by atoms with Gasteiger partial charge in [0.05, 0.1) is 0 Å². The molecular weight excluding hydrogens is 366 g/mol. The number of carbonyl (C=O) groups excluding carboxylic acids is 2. The van der Waals surface area contributed by atoms with E-state index in [1.165, 1.54) is 5.56 Å². The number of aromatic nitrogens is 1. The molecule has 3 heterocycles. The van der Waals surface area contributed by atoms with Gasteiger partial charge in [-0.2, -0.15) is 0 Å². The number of hydrazine groups is 1. The summed E-state index contributed by atoms with van der Waals surface area (Å²) in [5.41, 5.74) is 8.67. The Morgan fingerprint density at radius 3 is 2.83 bits per heavy atom. The Kier molecular flexibility index (Phi) is 4.56. The molecule has 5 atom stereocenters. The third kappa shape index (κ3) is 3.41. The molecule has 7 nitrogen and oxygen atoms in total. The summed E-state index contributed by atoms with van der Waals surface area (Å²) in [4.78, 5) is 31.9. The van der Waals surface area contributed by atoms with E-state index in [4.69, 9.17) is 0 Å². The number of fused-ring (bicyclic) bond motifs is 3. The Morgan fingerprint density at radius 1 is 1.17 bits per heavy atom. The van der Waals surface area contributed by atoms with Crippen LogP contribution in [0, 0.1) is 5.92 Å². The fourth-order valence-electron chi connectivity index (χ4n) is 4.66. The molecule has 2 unspecified atom stereocenters. The Balaban J connectivity index is 1.24. The summed E-state index contributed by atoms with van der Waals surface area (Å²) in [6.45, 7) is 0. The number of hydrogen-bond acceptors (Lipinski definition) is 5. The third-order valence-electron chi connectivity index (χ3n) is 6.32. The number of anilines is 1. The molecular formula is C22H25N5O2. The van der Waals surface area contributed by atoms with Gasteiger partial charge >= 0.3 is 0 Å². The first-order valence-electron chi connectivity index (χ1n) is 10.2. The number of nitrogens with zero attached hydrogens (tertiary/aromatic N) is 2. The predicted molar refractivity (Wildman–Crippen MR) is 109 cm³/mol. The van der Waals surface area contributed by atoms with Crippen LogP contribution in [0.15, 0.2) is 48.7 Å². The zero-order valence-corrected chi connectivity index (χ0v) is 16.3. The van der Waals surface area contributed by atoms with Gasteiger partial charge in [-0.05, 0) is 48.3 Å². The zero-order valence-electron chi connectivity index (χ0n) is 16.3. The molecule has 1 saturated heterocycles. The SMILES string of the molecule is CN1C(=O)[C@@H](NC(=O)C2CC(Cc3ccccc3)NN2)[C@H]2C[C@H]2c2cccnc21. The molecule has 1 saturated carbocycles. The zero-order chi connectivity index (χ0) is 20.0. The highest BCUT2D eigenvalue weighted by Crippen LogP contribution is 2.53. The van der Waals surface area contributed by atoms with Crippen molar-refractivity contribution in [1.82, 2.24) is 21.2 Å². The van der Waals surface area contributed by atoms with E-state index in [2.05, 4.69) is 33.3 Å². The minimum Gasteiger partial charge on any atom is -0.343 e. The number of amides is 2. The van der Waals surface area contributed by atoms with E-state index in [9.17, 15) is 9.59 Å². The highest BCUT2D eigenvalue weighted by Gasteiger charge is 2.52. The van der Waals surface area contributed by atoms with Gasteiger partial charge in [0.1, 0.15) is 17.9 Å². The second-order valence-electron chi connectivity index (χ2n) is 8.27. The predicted octanol–water partition coefficient (Wildman–Crippen LogP) is 1.12. The first-order chi connectivity index (χ1) is 14.1. The first kappa shape index (κ1) is 18.3. The molecule has 29 heavy (non-hydrogen) atoms. The van der Waals surface area contributed by atoms with Crippen LogP contribution in [0.4, 0.5) is 5.82 Å². The van der Waals surface area contributed by atoms with Gasteiger partial charge in [0.15, 0.2) is 0 Å². The Labute approximate surface area is 169 Å². The van der Waals surface area contributed by atoms with Crippen molar-refractivity contribution in [3.63, 3.8) is 0 Å². The number of nitrogens with one attached hydrogen (secondary N) is 3. The molecule has 150 valence electrons. The summed E-state index contributed by atoms with van der Waals surface area (Å²) >= 11 is 0. The van der Waals surface area contributed by atoms with Crippen LogP contribution in [-0.2, 0) is 16.0 Å². The van der Waals surface area contributed by atoms with Crippen LogP contribution >= 0.6 is 0 Å². The lowest BCUT2D eigenvalue weighted by atomic mass is 10.0. The average molecular weight is 391 g/mol. The van der Waals surface area contributed by atoms with Crippen LogP contribution in [0.5, 0.6) is 0 Å². The van der Waals surface area contributed by atoms with Crippen LogP contribution in [0.1, 0.15) is 29.9 Å². The molecule has 1 aromatic carbocycles. The number of benzene rings is 1. The van der Waals surface area contributed by atoms with Crippen LogP contribution in [0.25, 0.3) is 0 Å². The van der Waals surface area contributed by atoms with E-state index in [1.54, 1.807) is 18.1 Å². The van der Waals surface area contributed by atoms with Gasteiger partial charge in [-0.25, -0.2) is 10.4 Å². The lowest BCUT2D eigenvalue weighted by Gasteiger charge is -2.23. The summed E-state index contributed by atoms with van der Waals surface area (Å²) in [7, 11) is 1.74. The molecule has 2 amide bonds. The number of pyridine rings is 1. The van der Waals surface area contributed by atoms with Crippen molar-refractivity contribution in [1.29, 1.82) is 0 Å².